The highest BCUT2D eigenvalue weighted by Crippen LogP contribution is 2.34. The molecular weight excluding hydrogens is 293 g/mol. The van der Waals surface area contributed by atoms with Gasteiger partial charge in [0.15, 0.2) is 0 Å². The Morgan fingerprint density at radius 2 is 1.95 bits per heavy atom. The summed E-state index contributed by atoms with van der Waals surface area (Å²) in [6.07, 6.45) is 0. The Morgan fingerprint density at radius 1 is 1.15 bits per heavy atom. The van der Waals surface area contributed by atoms with Gasteiger partial charge in [-0.1, -0.05) is 29.8 Å². The quantitative estimate of drug-likeness (QED) is 0.718. The molecule has 0 fully saturated rings. The average Bonchev–Trinajstić information content (AvgIpc) is 2.88. The van der Waals surface area contributed by atoms with Crippen LogP contribution in [0.1, 0.15) is 17.2 Å². The highest BCUT2D eigenvalue weighted by Gasteiger charge is 2.19. The number of rotatable bonds is 3. The largest absolute Gasteiger partial charge is 0.309 e. The second kappa shape index (κ2) is 5.52. The number of fused-ring (bicyclic) bond motifs is 1. The third-order valence-electron chi connectivity index (χ3n) is 3.38. The Balaban J connectivity index is 2.16. The van der Waals surface area contributed by atoms with Gasteiger partial charge in [0.25, 0.3) is 0 Å². The number of halogens is 2. The highest BCUT2D eigenvalue weighted by atomic mass is 35.5. The molecule has 0 amide bonds. The van der Waals surface area contributed by atoms with Gasteiger partial charge in [-0.15, -0.1) is 11.3 Å². The van der Waals surface area contributed by atoms with E-state index in [1.807, 2.05) is 19.2 Å². The molecule has 3 rings (SSSR count). The standard InChI is InChI=1S/C16H13ClFNS/c1-19-16(12-8-10(17)6-7-14(12)18)13-9-20-15-5-3-2-4-11(13)15/h2-9,16,19H,1H3. The fraction of sp³-hybridized carbons (Fsp3) is 0.125. The second-order valence-corrected chi connectivity index (χ2v) is 5.92. The first-order valence-corrected chi connectivity index (χ1v) is 7.55. The smallest absolute Gasteiger partial charge is 0.128 e. The highest BCUT2D eigenvalue weighted by molar-refractivity contribution is 7.17. The predicted molar refractivity (Wildman–Crippen MR) is 84.1 cm³/mol. The zero-order chi connectivity index (χ0) is 14.1. The van der Waals surface area contributed by atoms with E-state index in [4.69, 9.17) is 11.6 Å². The summed E-state index contributed by atoms with van der Waals surface area (Å²) < 4.78 is 15.3. The first kappa shape index (κ1) is 13.6. The van der Waals surface area contributed by atoms with Crippen LogP contribution in [0.15, 0.2) is 47.8 Å². The van der Waals surface area contributed by atoms with Crippen molar-refractivity contribution in [2.75, 3.05) is 7.05 Å². The molecule has 4 heteroatoms. The van der Waals surface area contributed by atoms with Gasteiger partial charge in [0, 0.05) is 15.3 Å². The number of benzene rings is 2. The molecule has 1 unspecified atom stereocenters. The van der Waals surface area contributed by atoms with E-state index >= 15 is 0 Å². The monoisotopic (exact) mass is 305 g/mol. The number of nitrogens with one attached hydrogen (secondary N) is 1. The van der Waals surface area contributed by atoms with Crippen LogP contribution >= 0.6 is 22.9 Å². The van der Waals surface area contributed by atoms with E-state index < -0.39 is 0 Å². The molecule has 102 valence electrons. The van der Waals surface area contributed by atoms with Crippen LogP contribution in [-0.4, -0.2) is 7.05 Å². The van der Waals surface area contributed by atoms with Crippen molar-refractivity contribution in [1.29, 1.82) is 0 Å². The fourth-order valence-electron chi connectivity index (χ4n) is 2.44. The zero-order valence-electron chi connectivity index (χ0n) is 10.9. The molecule has 0 aliphatic heterocycles. The van der Waals surface area contributed by atoms with Crippen LogP contribution in [0.5, 0.6) is 0 Å². The normalized spacial score (nSPS) is 12.8. The summed E-state index contributed by atoms with van der Waals surface area (Å²) in [7, 11) is 1.83. The summed E-state index contributed by atoms with van der Waals surface area (Å²) in [5.41, 5.74) is 1.65. The molecule has 0 aliphatic carbocycles. The van der Waals surface area contributed by atoms with E-state index in [0.717, 1.165) is 10.9 Å². The minimum absolute atomic E-state index is 0.204. The Hall–Kier alpha value is -1.42. The third kappa shape index (κ3) is 2.33. The SMILES string of the molecule is CNC(c1cc(Cl)ccc1F)c1csc2ccccc12. The van der Waals surface area contributed by atoms with Gasteiger partial charge < -0.3 is 5.32 Å². The number of hydrogen-bond acceptors (Lipinski definition) is 2. The topological polar surface area (TPSA) is 12.0 Å². The van der Waals surface area contributed by atoms with Crippen molar-refractivity contribution < 1.29 is 4.39 Å². The zero-order valence-corrected chi connectivity index (χ0v) is 12.4. The molecule has 0 radical (unpaired) electrons. The van der Waals surface area contributed by atoms with E-state index in [1.54, 1.807) is 23.5 Å². The lowest BCUT2D eigenvalue weighted by molar-refractivity contribution is 0.578. The molecule has 1 atom stereocenters. The summed E-state index contributed by atoms with van der Waals surface area (Å²) in [4.78, 5) is 0. The van der Waals surface area contributed by atoms with Crippen LogP contribution in [0.3, 0.4) is 0 Å². The first-order valence-electron chi connectivity index (χ1n) is 6.29. The molecule has 3 aromatic rings. The molecule has 0 bridgehead atoms. The van der Waals surface area contributed by atoms with Gasteiger partial charge in [0.05, 0.1) is 6.04 Å². The van der Waals surface area contributed by atoms with Crippen LogP contribution in [-0.2, 0) is 0 Å². The minimum atomic E-state index is -0.246. The van der Waals surface area contributed by atoms with E-state index in [1.165, 1.54) is 10.8 Å². The van der Waals surface area contributed by atoms with Gasteiger partial charge in [-0.05, 0) is 47.6 Å². The van der Waals surface area contributed by atoms with Crippen LogP contribution in [0, 0.1) is 5.82 Å². The Morgan fingerprint density at radius 3 is 2.75 bits per heavy atom. The molecule has 2 aromatic carbocycles. The van der Waals surface area contributed by atoms with E-state index in [-0.39, 0.29) is 11.9 Å². The van der Waals surface area contributed by atoms with E-state index in [9.17, 15) is 4.39 Å². The van der Waals surface area contributed by atoms with Gasteiger partial charge in [-0.2, -0.15) is 0 Å². The summed E-state index contributed by atoms with van der Waals surface area (Å²) in [6, 6.07) is 12.6. The van der Waals surface area contributed by atoms with Crippen molar-refractivity contribution in [2.45, 2.75) is 6.04 Å². The summed E-state index contributed by atoms with van der Waals surface area (Å²) in [5, 5.41) is 6.96. The van der Waals surface area contributed by atoms with Gasteiger partial charge in [0.1, 0.15) is 5.82 Å². The lowest BCUT2D eigenvalue weighted by atomic mass is 9.98. The molecule has 0 saturated carbocycles. The second-order valence-electron chi connectivity index (χ2n) is 4.57. The molecule has 1 aromatic heterocycles. The lowest BCUT2D eigenvalue weighted by Gasteiger charge is -2.17. The van der Waals surface area contributed by atoms with Crippen molar-refractivity contribution in [3.63, 3.8) is 0 Å². The van der Waals surface area contributed by atoms with E-state index in [2.05, 4.69) is 22.8 Å². The van der Waals surface area contributed by atoms with Gasteiger partial charge in [-0.3, -0.25) is 0 Å². The maximum absolute atomic E-state index is 14.1. The summed E-state index contributed by atoms with van der Waals surface area (Å²) >= 11 is 7.67. The first-order chi connectivity index (χ1) is 9.70. The average molecular weight is 306 g/mol. The molecule has 0 saturated heterocycles. The van der Waals surface area contributed by atoms with Crippen molar-refractivity contribution in [3.05, 3.63) is 69.8 Å². The number of thiophene rings is 1. The van der Waals surface area contributed by atoms with Gasteiger partial charge >= 0.3 is 0 Å². The summed E-state index contributed by atoms with van der Waals surface area (Å²) in [5.74, 6) is -0.246. The Labute approximate surface area is 126 Å². The molecule has 1 heterocycles. The molecule has 0 spiro atoms. The predicted octanol–water partition coefficient (Wildman–Crippen LogP) is 5.00. The number of hydrogen-bond donors (Lipinski definition) is 1. The molecule has 1 nitrogen and oxygen atoms in total. The Bertz CT molecular complexity index is 753. The molecule has 0 aliphatic rings. The van der Waals surface area contributed by atoms with Crippen molar-refractivity contribution in [3.8, 4) is 0 Å². The molecule has 1 N–H and O–H groups in total. The maximum Gasteiger partial charge on any atom is 0.128 e. The van der Waals surface area contributed by atoms with Gasteiger partial charge in [0.2, 0.25) is 0 Å². The maximum atomic E-state index is 14.1. The fourth-order valence-corrected chi connectivity index (χ4v) is 3.60. The van der Waals surface area contributed by atoms with Crippen LogP contribution < -0.4 is 5.32 Å². The third-order valence-corrected chi connectivity index (χ3v) is 4.60. The van der Waals surface area contributed by atoms with Crippen LogP contribution in [0.25, 0.3) is 10.1 Å². The van der Waals surface area contributed by atoms with Crippen molar-refractivity contribution >= 4 is 33.0 Å². The molecule has 20 heavy (non-hydrogen) atoms. The van der Waals surface area contributed by atoms with E-state index in [0.29, 0.717) is 10.6 Å². The summed E-state index contributed by atoms with van der Waals surface area (Å²) in [6.45, 7) is 0. The lowest BCUT2D eigenvalue weighted by Crippen LogP contribution is -2.18. The minimum Gasteiger partial charge on any atom is -0.309 e. The van der Waals surface area contributed by atoms with Crippen molar-refractivity contribution in [2.24, 2.45) is 0 Å². The van der Waals surface area contributed by atoms with Crippen LogP contribution in [0.2, 0.25) is 5.02 Å². The van der Waals surface area contributed by atoms with Crippen LogP contribution in [0.4, 0.5) is 4.39 Å². The molecular formula is C16H13ClFNS. The Kier molecular flexibility index (Phi) is 3.74. The van der Waals surface area contributed by atoms with Crippen molar-refractivity contribution in [1.82, 2.24) is 5.32 Å². The van der Waals surface area contributed by atoms with Gasteiger partial charge in [-0.25, -0.2) is 4.39 Å².